The summed E-state index contributed by atoms with van der Waals surface area (Å²) in [6, 6.07) is 1.26. The van der Waals surface area contributed by atoms with Gasteiger partial charge < -0.3 is 5.73 Å². The third kappa shape index (κ3) is 1.80. The molecule has 0 saturated heterocycles. The molecule has 64 valence electrons. The van der Waals surface area contributed by atoms with Gasteiger partial charge in [0.25, 0.3) is 5.91 Å². The molecule has 1 amide bonds. The number of carbonyl (C=O) groups excluding carboxylic acids is 1. The molecule has 0 unspecified atom stereocenters. The minimum absolute atomic E-state index is 0.00519. The number of nitrogens with zero attached hydrogens (tertiary/aromatic N) is 1. The highest BCUT2D eigenvalue weighted by Gasteiger charge is 2.10. The van der Waals surface area contributed by atoms with Crippen LogP contribution in [0.1, 0.15) is 10.5 Å². The molecule has 0 aliphatic carbocycles. The maximum absolute atomic E-state index is 10.6. The first-order valence-corrected chi connectivity index (χ1v) is 3.97. The summed E-state index contributed by atoms with van der Waals surface area (Å²) in [5.41, 5.74) is 4.93. The van der Waals surface area contributed by atoms with E-state index in [0.29, 0.717) is 0 Å². The van der Waals surface area contributed by atoms with Crippen molar-refractivity contribution in [2.45, 2.75) is 0 Å². The smallest absolute Gasteiger partial charge is 0.267 e. The maximum atomic E-state index is 10.6. The zero-order valence-corrected chi connectivity index (χ0v) is 7.91. The molecule has 1 heterocycles. The van der Waals surface area contributed by atoms with Crippen LogP contribution in [-0.4, -0.2) is 10.9 Å². The molecule has 0 spiro atoms. The van der Waals surface area contributed by atoms with Crippen molar-refractivity contribution in [1.29, 1.82) is 0 Å². The molecule has 0 aliphatic heterocycles. The zero-order valence-electron chi connectivity index (χ0n) is 5.64. The third-order valence-corrected chi connectivity index (χ3v) is 2.27. The largest absolute Gasteiger partial charge is 0.364 e. The fourth-order valence-electron chi connectivity index (χ4n) is 0.595. The number of halogens is 3. The Bertz CT molecular complexity index is 317. The minimum Gasteiger partial charge on any atom is -0.364 e. The van der Waals surface area contributed by atoms with Crippen molar-refractivity contribution in [2.24, 2.45) is 5.73 Å². The maximum Gasteiger partial charge on any atom is 0.267 e. The van der Waals surface area contributed by atoms with Gasteiger partial charge in [0.2, 0.25) is 0 Å². The lowest BCUT2D eigenvalue weighted by Crippen LogP contribution is -2.13. The average Bonchev–Trinajstić information content (AvgIpc) is 1.99. The van der Waals surface area contributed by atoms with E-state index in [1.807, 2.05) is 0 Å². The summed E-state index contributed by atoms with van der Waals surface area (Å²) in [7, 11) is 0. The van der Waals surface area contributed by atoms with E-state index >= 15 is 0 Å². The Kier molecular flexibility index (Phi) is 2.77. The monoisotopic (exact) mass is 224 g/mol. The highest BCUT2D eigenvalue weighted by atomic mass is 35.5. The number of pyridine rings is 1. The number of rotatable bonds is 1. The summed E-state index contributed by atoms with van der Waals surface area (Å²) >= 11 is 16.7. The van der Waals surface area contributed by atoms with Crippen molar-refractivity contribution >= 4 is 40.7 Å². The summed E-state index contributed by atoms with van der Waals surface area (Å²) in [5.74, 6) is -0.699. The van der Waals surface area contributed by atoms with E-state index in [4.69, 9.17) is 40.5 Å². The van der Waals surface area contributed by atoms with Crippen molar-refractivity contribution in [3.63, 3.8) is 0 Å². The van der Waals surface area contributed by atoms with Gasteiger partial charge in [-0.3, -0.25) is 4.79 Å². The first-order chi connectivity index (χ1) is 5.52. The number of hydrogen-bond acceptors (Lipinski definition) is 2. The predicted octanol–water partition coefficient (Wildman–Crippen LogP) is 2.14. The van der Waals surface area contributed by atoms with Gasteiger partial charge in [0.15, 0.2) is 0 Å². The molecule has 1 rings (SSSR count). The SMILES string of the molecule is NC(=O)c1cc(Cl)c(Cl)c(Cl)n1. The molecule has 2 N–H and O–H groups in total. The molecule has 0 bridgehead atoms. The van der Waals surface area contributed by atoms with Gasteiger partial charge in [0.1, 0.15) is 10.8 Å². The molecule has 0 fully saturated rings. The van der Waals surface area contributed by atoms with E-state index < -0.39 is 5.91 Å². The van der Waals surface area contributed by atoms with Crippen molar-refractivity contribution in [3.8, 4) is 0 Å². The molecule has 3 nitrogen and oxygen atoms in total. The van der Waals surface area contributed by atoms with Crippen LogP contribution in [0.25, 0.3) is 0 Å². The van der Waals surface area contributed by atoms with Crippen LogP contribution in [0.15, 0.2) is 6.07 Å². The van der Waals surface area contributed by atoms with E-state index in [9.17, 15) is 4.79 Å². The van der Waals surface area contributed by atoms with Crippen LogP contribution in [0, 0.1) is 0 Å². The van der Waals surface area contributed by atoms with Gasteiger partial charge in [0.05, 0.1) is 10.0 Å². The summed E-state index contributed by atoms with van der Waals surface area (Å²) in [6.07, 6.45) is 0. The Labute approximate surface area is 83.4 Å². The second-order valence-electron chi connectivity index (χ2n) is 1.96. The summed E-state index contributed by atoms with van der Waals surface area (Å²) in [6.45, 7) is 0. The number of amides is 1. The molecular weight excluding hydrogens is 222 g/mol. The van der Waals surface area contributed by atoms with E-state index in [2.05, 4.69) is 4.98 Å². The fraction of sp³-hybridized carbons (Fsp3) is 0. The number of hydrogen-bond donors (Lipinski definition) is 1. The van der Waals surface area contributed by atoms with Gasteiger partial charge in [-0.05, 0) is 6.07 Å². The highest BCUT2D eigenvalue weighted by Crippen LogP contribution is 2.28. The van der Waals surface area contributed by atoms with Crippen LogP contribution in [0.4, 0.5) is 0 Å². The first-order valence-electron chi connectivity index (χ1n) is 2.83. The summed E-state index contributed by atoms with van der Waals surface area (Å²) < 4.78 is 0. The van der Waals surface area contributed by atoms with Crippen LogP contribution in [-0.2, 0) is 0 Å². The Morgan fingerprint density at radius 1 is 1.42 bits per heavy atom. The molecule has 6 heteroatoms. The third-order valence-electron chi connectivity index (χ3n) is 1.13. The topological polar surface area (TPSA) is 56.0 Å². The van der Waals surface area contributed by atoms with Crippen LogP contribution < -0.4 is 5.73 Å². The number of carbonyl (C=O) groups is 1. The quantitative estimate of drug-likeness (QED) is 0.745. The zero-order chi connectivity index (χ0) is 9.30. The van der Waals surface area contributed by atoms with E-state index in [-0.39, 0.29) is 20.9 Å². The Balaban J connectivity index is 3.31. The van der Waals surface area contributed by atoms with Gasteiger partial charge >= 0.3 is 0 Å². The van der Waals surface area contributed by atoms with E-state index in [0.717, 1.165) is 0 Å². The molecular formula is C6H3Cl3N2O. The molecule has 0 aromatic carbocycles. The standard InChI is InChI=1S/C6H3Cl3N2O/c7-2-1-3(6(10)12)11-5(9)4(2)8/h1H,(H2,10,12). The average molecular weight is 225 g/mol. The number of primary amides is 1. The Morgan fingerprint density at radius 2 is 2.00 bits per heavy atom. The van der Waals surface area contributed by atoms with Crippen LogP contribution in [0.2, 0.25) is 15.2 Å². The van der Waals surface area contributed by atoms with E-state index in [1.54, 1.807) is 0 Å². The lowest BCUT2D eigenvalue weighted by molar-refractivity contribution is 0.0995. The summed E-state index contributed by atoms with van der Waals surface area (Å²) in [5, 5.41) is 0.242. The van der Waals surface area contributed by atoms with Crippen molar-refractivity contribution in [2.75, 3.05) is 0 Å². The molecule has 0 aliphatic rings. The number of nitrogens with two attached hydrogens (primary N) is 1. The first kappa shape index (κ1) is 9.58. The lowest BCUT2D eigenvalue weighted by Gasteiger charge is -1.99. The number of aromatic nitrogens is 1. The van der Waals surface area contributed by atoms with Gasteiger partial charge in [-0.25, -0.2) is 4.98 Å². The minimum atomic E-state index is -0.699. The van der Waals surface area contributed by atoms with Gasteiger partial charge in [-0.2, -0.15) is 0 Å². The van der Waals surface area contributed by atoms with Crippen molar-refractivity contribution < 1.29 is 4.79 Å². The second-order valence-corrected chi connectivity index (χ2v) is 3.10. The fourth-order valence-corrected chi connectivity index (χ4v) is 1.13. The van der Waals surface area contributed by atoms with Gasteiger partial charge in [-0.1, -0.05) is 34.8 Å². The second kappa shape index (κ2) is 3.47. The molecule has 12 heavy (non-hydrogen) atoms. The molecule has 1 aromatic rings. The van der Waals surface area contributed by atoms with E-state index in [1.165, 1.54) is 6.07 Å². The van der Waals surface area contributed by atoms with Crippen LogP contribution in [0.5, 0.6) is 0 Å². The lowest BCUT2D eigenvalue weighted by atomic mass is 10.3. The Hall–Kier alpha value is -0.510. The normalized spacial score (nSPS) is 9.92. The highest BCUT2D eigenvalue weighted by molar-refractivity contribution is 6.47. The van der Waals surface area contributed by atoms with Gasteiger partial charge in [-0.15, -0.1) is 0 Å². The molecule has 1 aromatic heterocycles. The van der Waals surface area contributed by atoms with Crippen molar-refractivity contribution in [1.82, 2.24) is 4.98 Å². The molecule has 0 atom stereocenters. The van der Waals surface area contributed by atoms with Crippen LogP contribution in [0.3, 0.4) is 0 Å². The Morgan fingerprint density at radius 3 is 2.42 bits per heavy atom. The molecule has 0 radical (unpaired) electrons. The predicted molar refractivity (Wildman–Crippen MR) is 47.8 cm³/mol. The molecule has 0 saturated carbocycles. The van der Waals surface area contributed by atoms with Gasteiger partial charge in [0, 0.05) is 0 Å². The summed E-state index contributed by atoms with van der Waals surface area (Å²) in [4.78, 5) is 14.2. The van der Waals surface area contributed by atoms with Crippen LogP contribution >= 0.6 is 34.8 Å². The van der Waals surface area contributed by atoms with Crippen molar-refractivity contribution in [3.05, 3.63) is 27.0 Å².